The van der Waals surface area contributed by atoms with Crippen LogP contribution in [0.1, 0.15) is 35.9 Å². The van der Waals surface area contributed by atoms with E-state index in [2.05, 4.69) is 10.5 Å². The summed E-state index contributed by atoms with van der Waals surface area (Å²) in [5.74, 6) is 0.781. The first-order valence-corrected chi connectivity index (χ1v) is 8.63. The van der Waals surface area contributed by atoms with Crippen molar-refractivity contribution in [2.75, 3.05) is 13.6 Å². The van der Waals surface area contributed by atoms with Gasteiger partial charge in [0.2, 0.25) is 0 Å². The Morgan fingerprint density at radius 1 is 1.32 bits per heavy atom. The van der Waals surface area contributed by atoms with Gasteiger partial charge in [-0.3, -0.25) is 4.84 Å². The number of urea groups is 1. The SMILES string of the molecule is CNCc1cc([C@@H]2CC[C@@H]3CN2C(=O)N3OCc2ccccc2)no1. The molecule has 7 nitrogen and oxygen atoms in total. The van der Waals surface area contributed by atoms with E-state index in [1.165, 1.54) is 0 Å². The average Bonchev–Trinajstić information content (AvgIpc) is 3.19. The fourth-order valence-corrected chi connectivity index (χ4v) is 3.57. The smallest absolute Gasteiger partial charge is 0.344 e. The maximum absolute atomic E-state index is 12.8. The third-order valence-electron chi connectivity index (χ3n) is 4.81. The second kappa shape index (κ2) is 6.85. The summed E-state index contributed by atoms with van der Waals surface area (Å²) in [4.78, 5) is 20.5. The molecule has 1 aromatic carbocycles. The van der Waals surface area contributed by atoms with Crippen LogP contribution in [0.3, 0.4) is 0 Å². The maximum Gasteiger partial charge on any atom is 0.344 e. The molecule has 2 aliphatic heterocycles. The summed E-state index contributed by atoms with van der Waals surface area (Å²) in [5.41, 5.74) is 1.87. The zero-order valence-corrected chi connectivity index (χ0v) is 14.2. The molecule has 2 aromatic rings. The zero-order valence-electron chi connectivity index (χ0n) is 14.2. The fraction of sp³-hybridized carbons (Fsp3) is 0.444. The third-order valence-corrected chi connectivity index (χ3v) is 4.81. The van der Waals surface area contributed by atoms with Crippen LogP contribution in [0.2, 0.25) is 0 Å². The topological polar surface area (TPSA) is 70.8 Å². The van der Waals surface area contributed by atoms with Crippen LogP contribution in [-0.4, -0.2) is 40.8 Å². The summed E-state index contributed by atoms with van der Waals surface area (Å²) >= 11 is 0. The van der Waals surface area contributed by atoms with Crippen molar-refractivity contribution >= 4 is 6.03 Å². The number of rotatable bonds is 6. The first-order chi connectivity index (χ1) is 12.3. The number of nitrogens with one attached hydrogen (secondary N) is 1. The second-order valence-corrected chi connectivity index (χ2v) is 6.52. The van der Waals surface area contributed by atoms with Gasteiger partial charge in [0.05, 0.1) is 18.6 Å². The molecule has 2 fully saturated rings. The molecule has 0 saturated carbocycles. The molecule has 0 aliphatic carbocycles. The summed E-state index contributed by atoms with van der Waals surface area (Å²) in [6, 6.07) is 11.8. The Kier molecular flexibility index (Phi) is 4.42. The van der Waals surface area contributed by atoms with E-state index >= 15 is 0 Å². The van der Waals surface area contributed by atoms with E-state index in [-0.39, 0.29) is 18.1 Å². The number of hydrogen-bond donors (Lipinski definition) is 1. The Balaban J connectivity index is 1.44. The first-order valence-electron chi connectivity index (χ1n) is 8.63. The van der Waals surface area contributed by atoms with E-state index in [1.54, 1.807) is 5.06 Å². The van der Waals surface area contributed by atoms with Gasteiger partial charge in [0, 0.05) is 12.6 Å². The molecule has 0 unspecified atom stereocenters. The van der Waals surface area contributed by atoms with Gasteiger partial charge in [-0.05, 0) is 25.5 Å². The van der Waals surface area contributed by atoms with Crippen LogP contribution < -0.4 is 5.32 Å². The summed E-state index contributed by atoms with van der Waals surface area (Å²) in [5, 5.41) is 8.74. The third kappa shape index (κ3) is 3.12. The molecule has 3 heterocycles. The summed E-state index contributed by atoms with van der Waals surface area (Å²) in [6.07, 6.45) is 1.77. The molecule has 2 aliphatic rings. The lowest BCUT2D eigenvalue weighted by molar-refractivity contribution is -0.140. The first kappa shape index (κ1) is 16.1. The van der Waals surface area contributed by atoms with Gasteiger partial charge < -0.3 is 14.7 Å². The number of carbonyl (C=O) groups excluding carboxylic acids is 1. The molecule has 7 heteroatoms. The van der Waals surface area contributed by atoms with Gasteiger partial charge >= 0.3 is 6.03 Å². The average molecular weight is 342 g/mol. The lowest BCUT2D eigenvalue weighted by Crippen LogP contribution is -2.34. The van der Waals surface area contributed by atoms with Gasteiger partial charge in [0.25, 0.3) is 0 Å². The lowest BCUT2D eigenvalue weighted by Gasteiger charge is -2.28. The Morgan fingerprint density at radius 3 is 2.96 bits per heavy atom. The van der Waals surface area contributed by atoms with E-state index < -0.39 is 0 Å². The van der Waals surface area contributed by atoms with E-state index in [1.807, 2.05) is 48.3 Å². The molecule has 4 rings (SSSR count). The molecule has 2 bridgehead atoms. The van der Waals surface area contributed by atoms with Crippen molar-refractivity contribution in [3.63, 3.8) is 0 Å². The highest BCUT2D eigenvalue weighted by Crippen LogP contribution is 2.38. The quantitative estimate of drug-likeness (QED) is 0.873. The number of nitrogens with zero attached hydrogens (tertiary/aromatic N) is 3. The van der Waals surface area contributed by atoms with E-state index in [0.29, 0.717) is 19.7 Å². The minimum Gasteiger partial charge on any atom is -0.360 e. The summed E-state index contributed by atoms with van der Waals surface area (Å²) in [7, 11) is 1.86. The van der Waals surface area contributed by atoms with Crippen molar-refractivity contribution in [3.05, 3.63) is 53.4 Å². The monoisotopic (exact) mass is 342 g/mol. The molecule has 132 valence electrons. The molecule has 1 aromatic heterocycles. The zero-order chi connectivity index (χ0) is 17.2. The van der Waals surface area contributed by atoms with Crippen LogP contribution in [0, 0.1) is 0 Å². The van der Waals surface area contributed by atoms with Crippen molar-refractivity contribution in [2.24, 2.45) is 0 Å². The lowest BCUT2D eigenvalue weighted by atomic mass is 9.98. The van der Waals surface area contributed by atoms with Gasteiger partial charge in [0.1, 0.15) is 12.3 Å². The van der Waals surface area contributed by atoms with Gasteiger partial charge in [0.15, 0.2) is 5.76 Å². The summed E-state index contributed by atoms with van der Waals surface area (Å²) in [6.45, 7) is 1.70. The van der Waals surface area contributed by atoms with Crippen molar-refractivity contribution in [3.8, 4) is 0 Å². The molecular formula is C18H22N4O3. The van der Waals surface area contributed by atoms with Crippen LogP contribution in [0.15, 0.2) is 40.9 Å². The van der Waals surface area contributed by atoms with E-state index in [4.69, 9.17) is 9.36 Å². The van der Waals surface area contributed by atoms with Crippen LogP contribution >= 0.6 is 0 Å². The maximum atomic E-state index is 12.8. The molecular weight excluding hydrogens is 320 g/mol. The van der Waals surface area contributed by atoms with E-state index in [0.717, 1.165) is 29.9 Å². The van der Waals surface area contributed by atoms with Gasteiger partial charge in [-0.15, -0.1) is 0 Å². The highest BCUT2D eigenvalue weighted by Gasteiger charge is 2.46. The number of piperidine rings is 1. The van der Waals surface area contributed by atoms with Crippen molar-refractivity contribution < 1.29 is 14.2 Å². The fourth-order valence-electron chi connectivity index (χ4n) is 3.57. The molecule has 0 radical (unpaired) electrons. The molecule has 2 atom stereocenters. The second-order valence-electron chi connectivity index (χ2n) is 6.52. The minimum absolute atomic E-state index is 0.0385. The number of fused-ring (bicyclic) bond motifs is 2. The van der Waals surface area contributed by atoms with Gasteiger partial charge in [-0.25, -0.2) is 4.79 Å². The van der Waals surface area contributed by atoms with Crippen molar-refractivity contribution in [1.82, 2.24) is 20.4 Å². The largest absolute Gasteiger partial charge is 0.360 e. The van der Waals surface area contributed by atoms with E-state index in [9.17, 15) is 4.79 Å². The number of benzene rings is 1. The predicted molar refractivity (Wildman–Crippen MR) is 90.2 cm³/mol. The molecule has 2 amide bonds. The van der Waals surface area contributed by atoms with Crippen molar-refractivity contribution in [2.45, 2.75) is 38.1 Å². The Morgan fingerprint density at radius 2 is 2.16 bits per heavy atom. The van der Waals surface area contributed by atoms with Crippen LogP contribution in [0.25, 0.3) is 0 Å². The molecule has 2 saturated heterocycles. The minimum atomic E-state index is -0.0819. The summed E-state index contributed by atoms with van der Waals surface area (Å²) < 4.78 is 5.34. The number of hydroxylamine groups is 2. The molecule has 25 heavy (non-hydrogen) atoms. The standard InChI is InChI=1S/C18H22N4O3/c1-19-10-15-9-16(20-25-15)17-8-7-14-11-21(17)18(23)22(14)24-12-13-5-3-2-4-6-13/h2-6,9,14,17,19H,7-8,10-12H2,1H3/t14-,17+/m1/s1. The molecule has 1 N–H and O–H groups in total. The number of carbonyl (C=O) groups is 1. The van der Waals surface area contributed by atoms with Crippen molar-refractivity contribution in [1.29, 1.82) is 0 Å². The number of hydrogen-bond acceptors (Lipinski definition) is 5. The van der Waals surface area contributed by atoms with Crippen LogP contribution in [-0.2, 0) is 18.0 Å². The van der Waals surface area contributed by atoms with Crippen LogP contribution in [0.4, 0.5) is 4.79 Å². The normalized spacial score (nSPS) is 22.7. The van der Waals surface area contributed by atoms with Crippen LogP contribution in [0.5, 0.6) is 0 Å². The number of amides is 2. The van der Waals surface area contributed by atoms with Gasteiger partial charge in [-0.1, -0.05) is 35.5 Å². The Hall–Kier alpha value is -2.38. The number of aromatic nitrogens is 1. The predicted octanol–water partition coefficient (Wildman–Crippen LogP) is 2.47. The Bertz CT molecular complexity index is 733. The Labute approximate surface area is 146 Å². The molecule has 0 spiro atoms. The highest BCUT2D eigenvalue weighted by molar-refractivity contribution is 5.77. The van der Waals surface area contributed by atoms with Gasteiger partial charge in [-0.2, -0.15) is 5.06 Å². The highest BCUT2D eigenvalue weighted by atomic mass is 16.7.